The molecule has 1 aliphatic heterocycles. The SMILES string of the molecule is CN1CCc2nc(NC(=O)c3ccc4c(c3)CCC4)sc2C1. The number of nitrogens with zero attached hydrogens (tertiary/aromatic N) is 2. The van der Waals surface area contributed by atoms with Crippen molar-refractivity contribution in [1.29, 1.82) is 0 Å². The largest absolute Gasteiger partial charge is 0.301 e. The van der Waals surface area contributed by atoms with E-state index in [9.17, 15) is 4.79 Å². The third-order valence-electron chi connectivity index (χ3n) is 4.50. The number of rotatable bonds is 2. The molecule has 114 valence electrons. The zero-order valence-electron chi connectivity index (χ0n) is 12.7. The highest BCUT2D eigenvalue weighted by Crippen LogP contribution is 2.28. The van der Waals surface area contributed by atoms with E-state index in [4.69, 9.17) is 0 Å². The van der Waals surface area contributed by atoms with Gasteiger partial charge in [0.25, 0.3) is 5.91 Å². The van der Waals surface area contributed by atoms with Crippen LogP contribution in [0.5, 0.6) is 0 Å². The van der Waals surface area contributed by atoms with Crippen molar-refractivity contribution in [1.82, 2.24) is 9.88 Å². The molecular formula is C17H19N3OS. The van der Waals surface area contributed by atoms with Crippen LogP contribution in [0.3, 0.4) is 0 Å². The lowest BCUT2D eigenvalue weighted by molar-refractivity contribution is 0.102. The van der Waals surface area contributed by atoms with E-state index in [1.54, 1.807) is 11.3 Å². The van der Waals surface area contributed by atoms with E-state index < -0.39 is 0 Å². The van der Waals surface area contributed by atoms with Gasteiger partial charge in [-0.25, -0.2) is 4.98 Å². The minimum atomic E-state index is -0.0471. The highest BCUT2D eigenvalue weighted by Gasteiger charge is 2.20. The number of aromatic nitrogens is 1. The second-order valence-electron chi connectivity index (χ2n) is 6.17. The lowest BCUT2D eigenvalue weighted by Gasteiger charge is -2.20. The normalized spacial score (nSPS) is 17.1. The number of nitrogens with one attached hydrogen (secondary N) is 1. The monoisotopic (exact) mass is 313 g/mol. The number of thiazole rings is 1. The molecule has 4 nitrogen and oxygen atoms in total. The third kappa shape index (κ3) is 2.55. The summed E-state index contributed by atoms with van der Waals surface area (Å²) in [5.41, 5.74) is 4.61. The summed E-state index contributed by atoms with van der Waals surface area (Å²) < 4.78 is 0. The van der Waals surface area contributed by atoms with E-state index in [-0.39, 0.29) is 5.91 Å². The van der Waals surface area contributed by atoms with Crippen LogP contribution in [0.4, 0.5) is 5.13 Å². The molecule has 0 saturated heterocycles. The Morgan fingerprint density at radius 1 is 1.27 bits per heavy atom. The van der Waals surface area contributed by atoms with Gasteiger partial charge in [0.2, 0.25) is 0 Å². The number of hydrogen-bond donors (Lipinski definition) is 1. The number of anilines is 1. The Hall–Kier alpha value is -1.72. The fourth-order valence-electron chi connectivity index (χ4n) is 3.26. The quantitative estimate of drug-likeness (QED) is 0.927. The number of carbonyl (C=O) groups excluding carboxylic acids is 1. The fourth-order valence-corrected chi connectivity index (χ4v) is 4.34. The Kier molecular flexibility index (Phi) is 3.47. The van der Waals surface area contributed by atoms with Gasteiger partial charge in [-0.05, 0) is 49.6 Å². The van der Waals surface area contributed by atoms with Gasteiger partial charge in [-0.3, -0.25) is 10.1 Å². The van der Waals surface area contributed by atoms with Crippen LogP contribution in [0.15, 0.2) is 18.2 Å². The molecule has 1 aromatic carbocycles. The molecule has 0 atom stereocenters. The highest BCUT2D eigenvalue weighted by atomic mass is 32.1. The van der Waals surface area contributed by atoms with Crippen molar-refractivity contribution in [3.05, 3.63) is 45.5 Å². The van der Waals surface area contributed by atoms with Crippen LogP contribution in [0, 0.1) is 0 Å². The average molecular weight is 313 g/mol. The summed E-state index contributed by atoms with van der Waals surface area (Å²) >= 11 is 1.60. The Morgan fingerprint density at radius 2 is 2.14 bits per heavy atom. The van der Waals surface area contributed by atoms with E-state index in [0.717, 1.165) is 48.7 Å². The van der Waals surface area contributed by atoms with E-state index in [0.29, 0.717) is 0 Å². The number of fused-ring (bicyclic) bond motifs is 2. The Balaban J connectivity index is 1.52. The predicted molar refractivity (Wildman–Crippen MR) is 88.6 cm³/mol. The zero-order valence-corrected chi connectivity index (χ0v) is 13.5. The molecule has 0 bridgehead atoms. The number of hydrogen-bond acceptors (Lipinski definition) is 4. The number of amides is 1. The molecule has 22 heavy (non-hydrogen) atoms. The first-order valence-electron chi connectivity index (χ1n) is 7.79. The van der Waals surface area contributed by atoms with E-state index in [1.807, 2.05) is 12.1 Å². The van der Waals surface area contributed by atoms with E-state index in [1.165, 1.54) is 22.4 Å². The lowest BCUT2D eigenvalue weighted by atomic mass is 10.1. The average Bonchev–Trinajstić information content (AvgIpc) is 3.11. The fraction of sp³-hybridized carbons (Fsp3) is 0.412. The molecule has 2 heterocycles. The molecule has 1 aromatic heterocycles. The van der Waals surface area contributed by atoms with Crippen LogP contribution in [0.2, 0.25) is 0 Å². The van der Waals surface area contributed by atoms with Crippen molar-refractivity contribution in [2.24, 2.45) is 0 Å². The molecule has 1 N–H and O–H groups in total. The maximum atomic E-state index is 12.4. The molecule has 0 saturated carbocycles. The van der Waals surface area contributed by atoms with Crippen molar-refractivity contribution < 1.29 is 4.79 Å². The van der Waals surface area contributed by atoms with E-state index in [2.05, 4.69) is 28.3 Å². The molecule has 0 unspecified atom stereocenters. The number of likely N-dealkylation sites (N-methyl/N-ethyl adjacent to an activating group) is 1. The van der Waals surface area contributed by atoms with Crippen molar-refractivity contribution in [2.45, 2.75) is 32.2 Å². The summed E-state index contributed by atoms with van der Waals surface area (Å²) in [6, 6.07) is 6.07. The van der Waals surface area contributed by atoms with Gasteiger partial charge in [-0.1, -0.05) is 6.07 Å². The molecule has 2 aliphatic rings. The van der Waals surface area contributed by atoms with Gasteiger partial charge in [-0.2, -0.15) is 0 Å². The molecular weight excluding hydrogens is 294 g/mol. The Morgan fingerprint density at radius 3 is 3.05 bits per heavy atom. The third-order valence-corrected chi connectivity index (χ3v) is 5.50. The first kappa shape index (κ1) is 13.9. The van der Waals surface area contributed by atoms with Crippen LogP contribution in [0.25, 0.3) is 0 Å². The van der Waals surface area contributed by atoms with Gasteiger partial charge in [0, 0.05) is 30.0 Å². The molecule has 5 heteroatoms. The Bertz CT molecular complexity index is 738. The van der Waals surface area contributed by atoms with Gasteiger partial charge in [0.1, 0.15) is 0 Å². The molecule has 1 amide bonds. The second-order valence-corrected chi connectivity index (χ2v) is 7.25. The number of benzene rings is 1. The predicted octanol–water partition coefficient (Wildman–Crippen LogP) is 2.87. The molecule has 1 aliphatic carbocycles. The summed E-state index contributed by atoms with van der Waals surface area (Å²) in [5.74, 6) is -0.0471. The van der Waals surface area contributed by atoms with Gasteiger partial charge in [0.05, 0.1) is 5.69 Å². The molecule has 0 spiro atoms. The lowest BCUT2D eigenvalue weighted by Crippen LogP contribution is -2.25. The van der Waals surface area contributed by atoms with Gasteiger partial charge < -0.3 is 4.90 Å². The first-order valence-corrected chi connectivity index (χ1v) is 8.61. The first-order chi connectivity index (χ1) is 10.7. The van der Waals surface area contributed by atoms with Crippen LogP contribution < -0.4 is 5.32 Å². The van der Waals surface area contributed by atoms with Crippen molar-refractivity contribution in [3.8, 4) is 0 Å². The summed E-state index contributed by atoms with van der Waals surface area (Å²) in [4.78, 5) is 20.6. The smallest absolute Gasteiger partial charge is 0.257 e. The minimum absolute atomic E-state index is 0.0471. The molecule has 4 rings (SSSR count). The van der Waals surface area contributed by atoms with Crippen molar-refractivity contribution >= 4 is 22.4 Å². The van der Waals surface area contributed by atoms with Gasteiger partial charge in [0.15, 0.2) is 5.13 Å². The van der Waals surface area contributed by atoms with Crippen molar-refractivity contribution in [2.75, 3.05) is 18.9 Å². The summed E-state index contributed by atoms with van der Waals surface area (Å²) in [6.07, 6.45) is 4.41. The second kappa shape index (κ2) is 5.48. The zero-order chi connectivity index (χ0) is 15.1. The molecule has 0 radical (unpaired) electrons. The minimum Gasteiger partial charge on any atom is -0.301 e. The maximum Gasteiger partial charge on any atom is 0.257 e. The summed E-state index contributed by atoms with van der Waals surface area (Å²) in [6.45, 7) is 1.97. The standard InChI is InChI=1S/C17H19N3OS/c1-20-8-7-14-15(10-20)22-17(18-14)19-16(21)13-6-5-11-3-2-4-12(11)9-13/h5-6,9H,2-4,7-8,10H2,1H3,(H,18,19,21). The summed E-state index contributed by atoms with van der Waals surface area (Å²) in [5, 5.41) is 3.70. The number of aryl methyl sites for hydroxylation is 2. The van der Waals surface area contributed by atoms with Gasteiger partial charge >= 0.3 is 0 Å². The van der Waals surface area contributed by atoms with E-state index >= 15 is 0 Å². The van der Waals surface area contributed by atoms with Crippen molar-refractivity contribution in [3.63, 3.8) is 0 Å². The Labute approximate surface area is 134 Å². The highest BCUT2D eigenvalue weighted by molar-refractivity contribution is 7.15. The van der Waals surface area contributed by atoms with Gasteiger partial charge in [-0.15, -0.1) is 11.3 Å². The van der Waals surface area contributed by atoms with Crippen LogP contribution in [-0.2, 0) is 25.8 Å². The molecule has 2 aromatic rings. The number of carbonyl (C=O) groups is 1. The van der Waals surface area contributed by atoms with Crippen LogP contribution in [0.1, 0.15) is 38.5 Å². The van der Waals surface area contributed by atoms with Crippen LogP contribution in [-0.4, -0.2) is 29.4 Å². The maximum absolute atomic E-state index is 12.4. The molecule has 0 fully saturated rings. The van der Waals surface area contributed by atoms with Crippen LogP contribution >= 0.6 is 11.3 Å². The topological polar surface area (TPSA) is 45.2 Å². The summed E-state index contributed by atoms with van der Waals surface area (Å²) in [7, 11) is 2.12.